The first-order chi connectivity index (χ1) is 28.8. The number of sulfonamides is 2. The van der Waals surface area contributed by atoms with E-state index in [-0.39, 0.29) is 59.7 Å². The van der Waals surface area contributed by atoms with Crippen LogP contribution in [0.25, 0.3) is 0 Å². The summed E-state index contributed by atoms with van der Waals surface area (Å²) in [6.45, 7) is 2.61. The van der Waals surface area contributed by atoms with E-state index in [4.69, 9.17) is 29.2 Å². The lowest BCUT2D eigenvalue weighted by atomic mass is 10.2. The van der Waals surface area contributed by atoms with E-state index in [1.807, 2.05) is 13.0 Å². The lowest BCUT2D eigenvalue weighted by Gasteiger charge is -2.11. The number of ether oxygens (including phenoxy) is 4. The standard InChI is InChI=1S/2C22H21NO6S/c1-16-6-12-19(13-7-16)30(26,27)23-17-8-10-18(11-9-17)28-14-15-29-21-5-3-2-4-20(21)22(24)25;24-22(25)20-8-4-5-9-21(20)29-15-14-28-19-12-10-18(11-13-19)23-30(26,27)16-17-6-2-1-3-7-17/h2-13,23H,14-15H2,1H3,(H,24,25);1-13,23H,14-16H2,(H,24,25). The Balaban J connectivity index is 0.000000228. The summed E-state index contributed by atoms with van der Waals surface area (Å²) < 4.78 is 76.5. The topological polar surface area (TPSA) is 204 Å². The molecule has 312 valence electrons. The van der Waals surface area contributed by atoms with Crippen molar-refractivity contribution in [1.29, 1.82) is 0 Å². The van der Waals surface area contributed by atoms with Crippen molar-refractivity contribution >= 4 is 43.4 Å². The molecule has 0 radical (unpaired) electrons. The third-order valence-corrected chi connectivity index (χ3v) is 10.9. The van der Waals surface area contributed by atoms with Crippen LogP contribution >= 0.6 is 0 Å². The zero-order valence-electron chi connectivity index (χ0n) is 32.3. The number of para-hydroxylation sites is 2. The van der Waals surface area contributed by atoms with Crippen molar-refractivity contribution in [3.63, 3.8) is 0 Å². The Hall–Kier alpha value is -7.04. The summed E-state index contributed by atoms with van der Waals surface area (Å²) in [5.74, 6) is -0.612. The van der Waals surface area contributed by atoms with Gasteiger partial charge in [0.05, 0.1) is 10.6 Å². The Morgan fingerprint density at radius 2 is 0.917 bits per heavy atom. The fourth-order valence-corrected chi connectivity index (χ4v) is 7.60. The van der Waals surface area contributed by atoms with Crippen molar-refractivity contribution in [1.82, 2.24) is 0 Å². The van der Waals surface area contributed by atoms with Crippen LogP contribution in [0.5, 0.6) is 23.0 Å². The summed E-state index contributed by atoms with van der Waals surface area (Å²) in [4.78, 5) is 22.5. The molecule has 0 atom stereocenters. The second-order valence-electron chi connectivity index (χ2n) is 12.8. The Labute approximate surface area is 348 Å². The summed E-state index contributed by atoms with van der Waals surface area (Å²) in [7, 11) is -7.19. The number of anilines is 2. The summed E-state index contributed by atoms with van der Waals surface area (Å²) in [5.41, 5.74) is 2.70. The van der Waals surface area contributed by atoms with E-state index < -0.39 is 32.0 Å². The van der Waals surface area contributed by atoms with Crippen LogP contribution < -0.4 is 28.4 Å². The lowest BCUT2D eigenvalue weighted by Crippen LogP contribution is -2.15. The van der Waals surface area contributed by atoms with Crippen LogP contribution in [0.2, 0.25) is 0 Å². The van der Waals surface area contributed by atoms with Crippen LogP contribution in [0.4, 0.5) is 11.4 Å². The molecule has 60 heavy (non-hydrogen) atoms. The van der Waals surface area contributed by atoms with Gasteiger partial charge in [-0.15, -0.1) is 0 Å². The minimum atomic E-state index is -3.66. The molecular formula is C44H42N2O12S2. The number of nitrogens with one attached hydrogen (secondary N) is 2. The number of hydrogen-bond donors (Lipinski definition) is 4. The maximum absolute atomic E-state index is 12.4. The van der Waals surface area contributed by atoms with Crippen molar-refractivity contribution in [3.05, 3.63) is 174 Å². The van der Waals surface area contributed by atoms with Gasteiger partial charge in [-0.25, -0.2) is 26.4 Å². The number of carboxylic acid groups (broad SMARTS) is 2. The molecule has 0 aliphatic carbocycles. The first kappa shape index (κ1) is 44.1. The Kier molecular flexibility index (Phi) is 15.5. The maximum atomic E-state index is 12.4. The molecular weight excluding hydrogens is 813 g/mol. The molecule has 6 aromatic rings. The summed E-state index contributed by atoms with van der Waals surface area (Å²) in [6, 6.07) is 41.2. The van der Waals surface area contributed by atoms with E-state index in [0.29, 0.717) is 28.4 Å². The number of aryl methyl sites for hydroxylation is 1. The normalized spacial score (nSPS) is 10.9. The molecule has 0 saturated heterocycles. The van der Waals surface area contributed by atoms with Gasteiger partial charge in [-0.05, 0) is 97.4 Å². The van der Waals surface area contributed by atoms with E-state index in [0.717, 1.165) is 5.56 Å². The number of hydrogen-bond acceptors (Lipinski definition) is 10. The number of aromatic carboxylic acids is 2. The third kappa shape index (κ3) is 13.8. The van der Waals surface area contributed by atoms with E-state index >= 15 is 0 Å². The van der Waals surface area contributed by atoms with Crippen molar-refractivity contribution in [2.45, 2.75) is 17.6 Å². The van der Waals surface area contributed by atoms with Crippen molar-refractivity contribution in [3.8, 4) is 23.0 Å². The van der Waals surface area contributed by atoms with Crippen molar-refractivity contribution in [2.75, 3.05) is 35.9 Å². The maximum Gasteiger partial charge on any atom is 0.339 e. The predicted octanol–water partition coefficient (Wildman–Crippen LogP) is 7.74. The van der Waals surface area contributed by atoms with Crippen molar-refractivity contribution < 1.29 is 55.6 Å². The molecule has 0 fully saturated rings. The van der Waals surface area contributed by atoms with Crippen LogP contribution in [0.1, 0.15) is 31.8 Å². The van der Waals surface area contributed by atoms with Gasteiger partial charge in [-0.3, -0.25) is 9.44 Å². The smallest absolute Gasteiger partial charge is 0.339 e. The fourth-order valence-electron chi connectivity index (χ4n) is 5.34. The van der Waals surface area contributed by atoms with Gasteiger partial charge in [0.15, 0.2) is 0 Å². The molecule has 4 N–H and O–H groups in total. The first-order valence-electron chi connectivity index (χ1n) is 18.3. The second kappa shape index (κ2) is 21.1. The number of benzene rings is 6. The van der Waals surface area contributed by atoms with E-state index in [1.165, 1.54) is 12.1 Å². The highest BCUT2D eigenvalue weighted by molar-refractivity contribution is 7.92. The van der Waals surface area contributed by atoms with E-state index in [2.05, 4.69) is 9.44 Å². The van der Waals surface area contributed by atoms with Gasteiger partial charge >= 0.3 is 11.9 Å². The average molecular weight is 855 g/mol. The van der Waals surface area contributed by atoms with Gasteiger partial charge < -0.3 is 29.2 Å². The number of carboxylic acids is 2. The summed E-state index contributed by atoms with van der Waals surface area (Å²) in [5, 5.41) is 18.3. The quantitative estimate of drug-likeness (QED) is 0.0578. The molecule has 6 aromatic carbocycles. The second-order valence-corrected chi connectivity index (χ2v) is 16.2. The molecule has 0 unspecified atom stereocenters. The molecule has 0 saturated carbocycles. The minimum Gasteiger partial charge on any atom is -0.490 e. The highest BCUT2D eigenvalue weighted by atomic mass is 32.2. The largest absolute Gasteiger partial charge is 0.490 e. The van der Waals surface area contributed by atoms with Gasteiger partial charge in [-0.1, -0.05) is 72.3 Å². The van der Waals surface area contributed by atoms with Crippen LogP contribution in [-0.2, 0) is 25.8 Å². The molecule has 16 heteroatoms. The first-order valence-corrected chi connectivity index (χ1v) is 21.4. The monoisotopic (exact) mass is 854 g/mol. The van der Waals surface area contributed by atoms with Gasteiger partial charge in [0, 0.05) is 11.4 Å². The Morgan fingerprint density at radius 1 is 0.500 bits per heavy atom. The zero-order chi connectivity index (χ0) is 43.0. The van der Waals surface area contributed by atoms with Crippen LogP contribution in [0, 0.1) is 6.92 Å². The minimum absolute atomic E-state index is 0.0858. The SMILES string of the molecule is Cc1ccc(S(=O)(=O)Nc2ccc(OCCOc3ccccc3C(=O)O)cc2)cc1.O=C(O)c1ccccc1OCCOc1ccc(NS(=O)(=O)Cc2ccccc2)cc1. The lowest BCUT2D eigenvalue weighted by molar-refractivity contribution is 0.0680. The number of carbonyl (C=O) groups is 2. The molecule has 0 aromatic heterocycles. The number of rotatable bonds is 19. The Morgan fingerprint density at radius 3 is 1.38 bits per heavy atom. The van der Waals surface area contributed by atoms with E-state index in [9.17, 15) is 26.4 Å². The zero-order valence-corrected chi connectivity index (χ0v) is 33.9. The summed E-state index contributed by atoms with van der Waals surface area (Å²) in [6.07, 6.45) is 0. The molecule has 0 spiro atoms. The average Bonchev–Trinajstić information content (AvgIpc) is 3.23. The van der Waals surface area contributed by atoms with Gasteiger partial charge in [0.2, 0.25) is 10.0 Å². The van der Waals surface area contributed by atoms with E-state index in [1.54, 1.807) is 133 Å². The molecule has 14 nitrogen and oxygen atoms in total. The molecule has 0 heterocycles. The molecule has 0 aliphatic rings. The molecule has 0 aliphatic heterocycles. The van der Waals surface area contributed by atoms with Crippen LogP contribution in [-0.4, -0.2) is 65.4 Å². The highest BCUT2D eigenvalue weighted by Crippen LogP contribution is 2.22. The molecule has 0 bridgehead atoms. The summed E-state index contributed by atoms with van der Waals surface area (Å²) >= 11 is 0. The molecule has 6 rings (SSSR count). The fraction of sp³-hybridized carbons (Fsp3) is 0.136. The van der Waals surface area contributed by atoms with Gasteiger partial charge in [-0.2, -0.15) is 0 Å². The third-order valence-electron chi connectivity index (χ3n) is 8.22. The van der Waals surface area contributed by atoms with Crippen molar-refractivity contribution in [2.24, 2.45) is 0 Å². The van der Waals surface area contributed by atoms with Gasteiger partial charge in [0.25, 0.3) is 10.0 Å². The highest BCUT2D eigenvalue weighted by Gasteiger charge is 2.15. The van der Waals surface area contributed by atoms with Crippen LogP contribution in [0.15, 0.2) is 157 Å². The van der Waals surface area contributed by atoms with Crippen LogP contribution in [0.3, 0.4) is 0 Å². The van der Waals surface area contributed by atoms with Gasteiger partial charge in [0.1, 0.15) is 60.6 Å². The Bertz CT molecular complexity index is 2550. The molecule has 0 amide bonds. The predicted molar refractivity (Wildman–Crippen MR) is 226 cm³/mol.